The Morgan fingerprint density at radius 1 is 0.659 bits per heavy atom. The van der Waals surface area contributed by atoms with Gasteiger partial charge in [0.25, 0.3) is 0 Å². The molecule has 0 aliphatic carbocycles. The van der Waals surface area contributed by atoms with E-state index in [2.05, 4.69) is 20.6 Å². The Morgan fingerprint density at radius 3 is 1.50 bits per heavy atom. The van der Waals surface area contributed by atoms with Crippen LogP contribution in [0.1, 0.15) is 34.8 Å². The summed E-state index contributed by atoms with van der Waals surface area (Å²) in [6.45, 7) is 1.51. The first-order valence-electron chi connectivity index (χ1n) is 14.3. The second-order valence-electron chi connectivity index (χ2n) is 9.97. The summed E-state index contributed by atoms with van der Waals surface area (Å²) >= 11 is 2.78. The van der Waals surface area contributed by atoms with Gasteiger partial charge in [-0.25, -0.2) is 8.78 Å². The van der Waals surface area contributed by atoms with Gasteiger partial charge in [0.05, 0.1) is 9.75 Å². The SMILES string of the molecule is CNCC[C@@H](Oc1cccc2ccncc12)c1sccc1F.CNCC[C@H](Oc1cccc2ccncc12)c1sccc1F. The molecule has 0 aliphatic rings. The van der Waals surface area contributed by atoms with Crippen molar-refractivity contribution < 1.29 is 18.3 Å². The van der Waals surface area contributed by atoms with Crippen molar-refractivity contribution in [1.82, 2.24) is 20.6 Å². The highest BCUT2D eigenvalue weighted by Crippen LogP contribution is 2.35. The average molecular weight is 633 g/mol. The number of thiophene rings is 2. The third kappa shape index (κ3) is 7.75. The lowest BCUT2D eigenvalue weighted by atomic mass is 10.1. The van der Waals surface area contributed by atoms with Gasteiger partial charge in [-0.3, -0.25) is 9.97 Å². The van der Waals surface area contributed by atoms with Crippen molar-refractivity contribution in [2.24, 2.45) is 0 Å². The first kappa shape index (κ1) is 31.5. The van der Waals surface area contributed by atoms with Gasteiger partial charge >= 0.3 is 0 Å². The maximum atomic E-state index is 13.9. The van der Waals surface area contributed by atoms with Gasteiger partial charge in [-0.2, -0.15) is 0 Å². The van der Waals surface area contributed by atoms with Crippen LogP contribution in [0.5, 0.6) is 11.5 Å². The maximum absolute atomic E-state index is 13.9. The van der Waals surface area contributed by atoms with Crippen LogP contribution in [-0.4, -0.2) is 37.2 Å². The van der Waals surface area contributed by atoms with Crippen LogP contribution >= 0.6 is 22.7 Å². The van der Waals surface area contributed by atoms with E-state index in [4.69, 9.17) is 9.47 Å². The predicted molar refractivity (Wildman–Crippen MR) is 176 cm³/mol. The van der Waals surface area contributed by atoms with E-state index in [-0.39, 0.29) is 23.8 Å². The number of benzene rings is 2. The van der Waals surface area contributed by atoms with Crippen LogP contribution in [0.2, 0.25) is 0 Å². The van der Waals surface area contributed by atoms with E-state index in [1.807, 2.05) is 62.6 Å². The molecular weight excluding hydrogens is 599 g/mol. The molecule has 0 fully saturated rings. The monoisotopic (exact) mass is 632 g/mol. The normalized spacial score (nSPS) is 12.5. The van der Waals surface area contributed by atoms with Crippen LogP contribution in [-0.2, 0) is 0 Å². The quantitative estimate of drug-likeness (QED) is 0.141. The van der Waals surface area contributed by atoms with Crippen molar-refractivity contribution in [2.75, 3.05) is 27.2 Å². The van der Waals surface area contributed by atoms with Gasteiger partial charge in [0.15, 0.2) is 0 Å². The number of pyridine rings is 2. The number of nitrogens with one attached hydrogen (secondary N) is 2. The number of hydrogen-bond acceptors (Lipinski definition) is 8. The lowest BCUT2D eigenvalue weighted by molar-refractivity contribution is 0.196. The Bertz CT molecular complexity index is 1640. The molecule has 10 heteroatoms. The number of rotatable bonds is 12. The van der Waals surface area contributed by atoms with E-state index >= 15 is 0 Å². The lowest BCUT2D eigenvalue weighted by Gasteiger charge is -2.19. The summed E-state index contributed by atoms with van der Waals surface area (Å²) in [4.78, 5) is 9.59. The molecule has 0 radical (unpaired) electrons. The first-order chi connectivity index (χ1) is 21.6. The van der Waals surface area contributed by atoms with E-state index in [0.29, 0.717) is 22.6 Å². The molecule has 4 heterocycles. The van der Waals surface area contributed by atoms with Crippen LogP contribution in [0.25, 0.3) is 21.5 Å². The summed E-state index contributed by atoms with van der Waals surface area (Å²) in [5.74, 6) is 1.06. The molecule has 4 aromatic heterocycles. The molecule has 0 saturated carbocycles. The van der Waals surface area contributed by atoms with Gasteiger partial charge in [-0.05, 0) is 85.1 Å². The molecule has 2 atom stereocenters. The van der Waals surface area contributed by atoms with Gasteiger partial charge in [-0.1, -0.05) is 24.3 Å². The Morgan fingerprint density at radius 2 is 1.11 bits per heavy atom. The summed E-state index contributed by atoms with van der Waals surface area (Å²) in [5, 5.41) is 13.7. The zero-order valence-electron chi connectivity index (χ0n) is 24.5. The Balaban J connectivity index is 0.000000175. The minimum Gasteiger partial charge on any atom is -0.484 e. The number of aromatic nitrogens is 2. The molecule has 2 N–H and O–H groups in total. The molecule has 6 aromatic rings. The molecule has 0 spiro atoms. The van der Waals surface area contributed by atoms with Gasteiger partial charge in [0, 0.05) is 48.4 Å². The van der Waals surface area contributed by atoms with Crippen LogP contribution in [0.3, 0.4) is 0 Å². The van der Waals surface area contributed by atoms with Crippen LogP contribution in [0.15, 0.2) is 96.2 Å². The average Bonchev–Trinajstić information content (AvgIpc) is 3.69. The van der Waals surface area contributed by atoms with Crippen LogP contribution in [0.4, 0.5) is 8.78 Å². The molecule has 0 bridgehead atoms. The molecule has 44 heavy (non-hydrogen) atoms. The molecule has 2 aromatic carbocycles. The predicted octanol–water partition coefficient (Wildman–Crippen LogP) is 8.33. The number of ether oxygens (including phenoxy) is 2. The summed E-state index contributed by atoms with van der Waals surface area (Å²) in [6, 6.07) is 18.6. The van der Waals surface area contributed by atoms with Gasteiger partial charge < -0.3 is 20.1 Å². The van der Waals surface area contributed by atoms with Crippen molar-refractivity contribution in [3.8, 4) is 11.5 Å². The summed E-state index contributed by atoms with van der Waals surface area (Å²) < 4.78 is 40.2. The molecular formula is C34H34F2N4O2S2. The highest BCUT2D eigenvalue weighted by Gasteiger charge is 2.21. The summed E-state index contributed by atoms with van der Waals surface area (Å²) in [7, 11) is 3.76. The number of halogens is 2. The maximum Gasteiger partial charge on any atom is 0.140 e. The largest absolute Gasteiger partial charge is 0.484 e. The van der Waals surface area contributed by atoms with E-state index < -0.39 is 0 Å². The zero-order chi connectivity index (χ0) is 30.7. The Kier molecular flexibility index (Phi) is 11.2. The first-order valence-corrected chi connectivity index (χ1v) is 16.1. The number of nitrogens with zero attached hydrogens (tertiary/aromatic N) is 2. The van der Waals surface area contributed by atoms with Crippen LogP contribution < -0.4 is 20.1 Å². The van der Waals surface area contributed by atoms with Crippen molar-refractivity contribution in [1.29, 1.82) is 0 Å². The zero-order valence-corrected chi connectivity index (χ0v) is 26.1. The fourth-order valence-corrected chi connectivity index (χ4v) is 6.46. The minimum absolute atomic E-state index is 0.204. The number of fused-ring (bicyclic) bond motifs is 2. The highest BCUT2D eigenvalue weighted by atomic mass is 32.1. The lowest BCUT2D eigenvalue weighted by Crippen LogP contribution is -2.16. The second-order valence-corrected chi connectivity index (χ2v) is 11.9. The fraction of sp³-hybridized carbons (Fsp3) is 0.235. The Labute approximate surface area is 263 Å². The molecule has 6 rings (SSSR count). The molecule has 0 saturated heterocycles. The van der Waals surface area contributed by atoms with Crippen molar-refractivity contribution in [3.63, 3.8) is 0 Å². The van der Waals surface area contributed by atoms with Gasteiger partial charge in [0.2, 0.25) is 0 Å². The van der Waals surface area contributed by atoms with E-state index in [9.17, 15) is 8.78 Å². The van der Waals surface area contributed by atoms with Gasteiger partial charge in [0.1, 0.15) is 35.3 Å². The van der Waals surface area contributed by atoms with Gasteiger partial charge in [-0.15, -0.1) is 22.7 Å². The summed E-state index contributed by atoms with van der Waals surface area (Å²) in [6.07, 6.45) is 7.86. The standard InChI is InChI=1S/2C17H17FN2OS/c2*1-19-8-6-16(17-14(18)7-10-22-17)21-15-4-2-3-12-5-9-20-11-13(12)15/h2*2-5,7,9-11,16,19H,6,8H2,1H3/t2*16-/m10/s1. The van der Waals surface area contributed by atoms with E-state index in [1.54, 1.807) is 35.5 Å². The Hall–Kier alpha value is -3.96. The van der Waals surface area contributed by atoms with Crippen molar-refractivity contribution in [2.45, 2.75) is 25.0 Å². The third-order valence-electron chi connectivity index (χ3n) is 7.01. The van der Waals surface area contributed by atoms with Crippen LogP contribution in [0, 0.1) is 11.6 Å². The highest BCUT2D eigenvalue weighted by molar-refractivity contribution is 7.10. The number of hydrogen-bond donors (Lipinski definition) is 2. The minimum atomic E-state index is -0.307. The second kappa shape index (κ2) is 15.7. The van der Waals surface area contributed by atoms with E-state index in [1.165, 1.54) is 34.8 Å². The topological polar surface area (TPSA) is 68.3 Å². The third-order valence-corrected chi connectivity index (χ3v) is 8.98. The summed E-state index contributed by atoms with van der Waals surface area (Å²) in [5.41, 5.74) is 0. The fourth-order valence-electron chi connectivity index (χ4n) is 4.79. The van der Waals surface area contributed by atoms with Crippen molar-refractivity contribution in [3.05, 3.63) is 118 Å². The molecule has 6 nitrogen and oxygen atoms in total. The molecule has 0 unspecified atom stereocenters. The molecule has 0 aliphatic heterocycles. The van der Waals surface area contributed by atoms with E-state index in [0.717, 1.165) is 46.1 Å². The molecule has 228 valence electrons. The van der Waals surface area contributed by atoms with Crippen molar-refractivity contribution >= 4 is 44.2 Å². The smallest absolute Gasteiger partial charge is 0.140 e. The molecule has 0 amide bonds.